The van der Waals surface area contributed by atoms with Crippen molar-refractivity contribution in [2.75, 3.05) is 7.11 Å². The largest absolute Gasteiger partial charge is 0.496 e. The van der Waals surface area contributed by atoms with Gasteiger partial charge in [-0.05, 0) is 30.5 Å². The summed E-state index contributed by atoms with van der Waals surface area (Å²) in [5.41, 5.74) is 5.45. The first-order chi connectivity index (χ1) is 17.6. The number of nitrogens with zero attached hydrogens (tertiary/aromatic N) is 3. The molecule has 2 amide bonds. The van der Waals surface area contributed by atoms with Crippen LogP contribution in [0.2, 0.25) is 0 Å². The molecule has 0 spiro atoms. The normalized spacial score (nSPS) is 15.7. The Balaban J connectivity index is 1.60. The van der Waals surface area contributed by atoms with E-state index in [1.165, 1.54) is 5.56 Å². The molecule has 0 aliphatic carbocycles. The van der Waals surface area contributed by atoms with Crippen LogP contribution in [0.15, 0.2) is 89.1 Å². The second-order valence-corrected chi connectivity index (χ2v) is 8.66. The smallest absolute Gasteiger partial charge is 0.322 e. The summed E-state index contributed by atoms with van der Waals surface area (Å²) < 4.78 is 11.3. The van der Waals surface area contributed by atoms with Crippen LogP contribution < -0.4 is 10.1 Å². The third-order valence-electron chi connectivity index (χ3n) is 6.53. The van der Waals surface area contributed by atoms with Crippen LogP contribution in [0, 0.1) is 0 Å². The molecule has 0 radical (unpaired) electrons. The lowest BCUT2D eigenvalue weighted by molar-refractivity contribution is 0.202. The summed E-state index contributed by atoms with van der Waals surface area (Å²) in [6, 6.07) is 25.0. The molecule has 4 aromatic rings. The number of para-hydroxylation sites is 1. The van der Waals surface area contributed by atoms with Gasteiger partial charge in [0.15, 0.2) is 0 Å². The summed E-state index contributed by atoms with van der Waals surface area (Å²) in [7, 11) is 1.63. The van der Waals surface area contributed by atoms with E-state index in [-0.39, 0.29) is 6.03 Å². The van der Waals surface area contributed by atoms with Gasteiger partial charge in [0.05, 0.1) is 25.3 Å². The van der Waals surface area contributed by atoms with Gasteiger partial charge in [0.1, 0.15) is 5.75 Å². The van der Waals surface area contributed by atoms with E-state index in [1.807, 2.05) is 73.7 Å². The zero-order chi connectivity index (χ0) is 25.1. The molecular formula is C29H28N4O3. The number of carbonyl (C=O) groups excluding carboxylic acids is 1. The topological polar surface area (TPSA) is 80.5 Å². The zero-order valence-electron chi connectivity index (χ0n) is 20.6. The van der Waals surface area contributed by atoms with Gasteiger partial charge >= 0.3 is 6.03 Å². The van der Waals surface area contributed by atoms with Crippen LogP contribution in [0.4, 0.5) is 4.79 Å². The predicted octanol–water partition coefficient (Wildman–Crippen LogP) is 6.01. The highest BCUT2D eigenvalue weighted by atomic mass is 16.5. The Labute approximate surface area is 210 Å². The number of amides is 2. The van der Waals surface area contributed by atoms with Crippen LogP contribution >= 0.6 is 0 Å². The number of aryl methyl sites for hydroxylation is 1. The number of rotatable bonds is 7. The van der Waals surface area contributed by atoms with E-state index in [1.54, 1.807) is 12.0 Å². The van der Waals surface area contributed by atoms with Gasteiger partial charge in [0.25, 0.3) is 5.89 Å². The predicted molar refractivity (Wildman–Crippen MR) is 138 cm³/mol. The molecule has 0 saturated carbocycles. The Kier molecular flexibility index (Phi) is 6.54. The lowest BCUT2D eigenvalue weighted by Crippen LogP contribution is -2.45. The number of hydrogen-bond donors (Lipinski definition) is 1. The summed E-state index contributed by atoms with van der Waals surface area (Å²) in [5.74, 6) is 1.60. The molecular weight excluding hydrogens is 452 g/mol. The summed E-state index contributed by atoms with van der Waals surface area (Å²) in [5, 5.41) is 7.40. The summed E-state index contributed by atoms with van der Waals surface area (Å²) in [6.07, 6.45) is 0.940. The summed E-state index contributed by atoms with van der Waals surface area (Å²) in [6.45, 7) is 4.38. The van der Waals surface area contributed by atoms with Gasteiger partial charge in [-0.1, -0.05) is 84.9 Å². The van der Waals surface area contributed by atoms with E-state index in [2.05, 4.69) is 29.5 Å². The van der Waals surface area contributed by atoms with Crippen molar-refractivity contribution in [3.63, 3.8) is 0 Å². The van der Waals surface area contributed by atoms with Crippen molar-refractivity contribution in [2.24, 2.45) is 0 Å². The number of nitrogens with one attached hydrogen (secondary N) is 1. The molecule has 36 heavy (non-hydrogen) atoms. The molecule has 0 bridgehead atoms. The van der Waals surface area contributed by atoms with Gasteiger partial charge in [-0.2, -0.15) is 4.98 Å². The number of benzene rings is 3. The number of hydrogen-bond acceptors (Lipinski definition) is 5. The lowest BCUT2D eigenvalue weighted by atomic mass is 9.93. The molecule has 7 nitrogen and oxygen atoms in total. The molecule has 182 valence electrons. The Hall–Kier alpha value is -4.39. The third-order valence-corrected chi connectivity index (χ3v) is 6.53. The van der Waals surface area contributed by atoms with Crippen molar-refractivity contribution in [3.05, 3.63) is 107 Å². The van der Waals surface area contributed by atoms with Gasteiger partial charge in [-0.15, -0.1) is 0 Å². The molecule has 1 aromatic heterocycles. The fourth-order valence-electron chi connectivity index (χ4n) is 4.49. The average molecular weight is 481 g/mol. The monoisotopic (exact) mass is 480 g/mol. The van der Waals surface area contributed by atoms with Crippen molar-refractivity contribution in [1.29, 1.82) is 0 Å². The average Bonchev–Trinajstić information content (AvgIpc) is 3.41. The van der Waals surface area contributed by atoms with Crippen molar-refractivity contribution in [1.82, 2.24) is 20.4 Å². The molecule has 2 heterocycles. The highest BCUT2D eigenvalue weighted by Gasteiger charge is 2.36. The Morgan fingerprint density at radius 2 is 1.72 bits per heavy atom. The Morgan fingerprint density at radius 3 is 2.44 bits per heavy atom. The van der Waals surface area contributed by atoms with Gasteiger partial charge in [0, 0.05) is 16.8 Å². The third kappa shape index (κ3) is 4.47. The van der Waals surface area contributed by atoms with Crippen molar-refractivity contribution in [2.45, 2.75) is 32.9 Å². The Morgan fingerprint density at radius 1 is 1.00 bits per heavy atom. The Bertz CT molecular complexity index is 1390. The van der Waals surface area contributed by atoms with Crippen LogP contribution in [0.25, 0.3) is 17.0 Å². The van der Waals surface area contributed by atoms with Crippen LogP contribution in [0.1, 0.15) is 42.5 Å². The first-order valence-corrected chi connectivity index (χ1v) is 12.0. The van der Waals surface area contributed by atoms with E-state index in [9.17, 15) is 4.79 Å². The second-order valence-electron chi connectivity index (χ2n) is 8.66. The van der Waals surface area contributed by atoms with Crippen molar-refractivity contribution in [3.8, 4) is 17.1 Å². The fraction of sp³-hybridized carbons (Fsp3) is 0.207. The maximum Gasteiger partial charge on any atom is 0.322 e. The molecule has 0 saturated heterocycles. The maximum absolute atomic E-state index is 13.4. The van der Waals surface area contributed by atoms with Crippen LogP contribution in [0.3, 0.4) is 0 Å². The van der Waals surface area contributed by atoms with Crippen LogP contribution in [-0.2, 0) is 13.0 Å². The van der Waals surface area contributed by atoms with E-state index in [0.29, 0.717) is 18.3 Å². The standard InChI is InChI=1S/C29H28N4O3/c1-4-20-14-16-21(17-15-20)26-25(28-31-27(32-36-28)22-10-6-5-7-11-22)19(2)33(29(34)30-26)18-23-12-8-9-13-24(23)35-3/h5-17,26H,4,18H2,1-3H3,(H,30,34). The second kappa shape index (κ2) is 10.1. The van der Waals surface area contributed by atoms with Crippen LogP contribution in [-0.4, -0.2) is 28.2 Å². The van der Waals surface area contributed by atoms with Crippen molar-refractivity contribution >= 4 is 11.6 Å². The van der Waals surface area contributed by atoms with Gasteiger partial charge in [0.2, 0.25) is 5.82 Å². The minimum Gasteiger partial charge on any atom is -0.496 e. The van der Waals surface area contributed by atoms with Crippen molar-refractivity contribution < 1.29 is 14.1 Å². The molecule has 7 heteroatoms. The van der Waals surface area contributed by atoms with Gasteiger partial charge < -0.3 is 14.6 Å². The SMILES string of the molecule is CCc1ccc(C2NC(=O)N(Cc3ccccc3OC)C(C)=C2c2nc(-c3ccccc3)no2)cc1. The number of urea groups is 1. The summed E-state index contributed by atoms with van der Waals surface area (Å²) >= 11 is 0. The van der Waals surface area contributed by atoms with E-state index in [4.69, 9.17) is 14.2 Å². The minimum absolute atomic E-state index is 0.200. The highest BCUT2D eigenvalue weighted by molar-refractivity contribution is 5.87. The molecule has 1 aliphatic rings. The van der Waals surface area contributed by atoms with Gasteiger partial charge in [-0.25, -0.2) is 4.79 Å². The minimum atomic E-state index is -0.429. The number of carbonyl (C=O) groups is 1. The number of allylic oxidation sites excluding steroid dienone is 1. The van der Waals surface area contributed by atoms with E-state index < -0.39 is 6.04 Å². The fourth-order valence-corrected chi connectivity index (χ4v) is 4.49. The first kappa shape index (κ1) is 23.4. The quantitative estimate of drug-likeness (QED) is 0.351. The molecule has 5 rings (SSSR count). The van der Waals surface area contributed by atoms with E-state index >= 15 is 0 Å². The number of aromatic nitrogens is 2. The number of methoxy groups -OCH3 is 1. The highest BCUT2D eigenvalue weighted by Crippen LogP contribution is 2.38. The molecule has 1 aliphatic heterocycles. The van der Waals surface area contributed by atoms with Gasteiger partial charge in [-0.3, -0.25) is 4.90 Å². The molecule has 1 unspecified atom stereocenters. The molecule has 1 N–H and O–H groups in total. The zero-order valence-corrected chi connectivity index (χ0v) is 20.6. The lowest BCUT2D eigenvalue weighted by Gasteiger charge is -2.35. The maximum atomic E-state index is 13.4. The molecule has 3 aromatic carbocycles. The number of ether oxygens (including phenoxy) is 1. The molecule has 0 fully saturated rings. The van der Waals surface area contributed by atoms with Crippen LogP contribution in [0.5, 0.6) is 5.75 Å². The van der Waals surface area contributed by atoms with E-state index in [0.717, 1.165) is 40.1 Å². The summed E-state index contributed by atoms with van der Waals surface area (Å²) in [4.78, 5) is 19.8. The first-order valence-electron chi connectivity index (χ1n) is 12.0. The molecule has 1 atom stereocenters.